The van der Waals surface area contributed by atoms with Crippen LogP contribution in [0.15, 0.2) is 102 Å². The fourth-order valence-electron chi connectivity index (χ4n) is 5.23. The predicted octanol–water partition coefficient (Wildman–Crippen LogP) is 6.79. The molecule has 1 aromatic heterocycles. The standard InChI is InChI=1S/C31H29BrN2O2/c1-33-18-17-31(35,27-14-8-12-21-9-6-7-13-25(21)27)29(22-10-4-3-5-11-22)26-20-23-19-24(32)15-16-28(23)34-30(26)36-2/h3-16,19-20,29,33,35H,17-18H2,1-2H3/t29-,31-/m0/s1. The summed E-state index contributed by atoms with van der Waals surface area (Å²) in [5, 5.41) is 19.3. The lowest BCUT2D eigenvalue weighted by Gasteiger charge is -2.39. The van der Waals surface area contributed by atoms with Crippen LogP contribution in [0.25, 0.3) is 21.7 Å². The molecular weight excluding hydrogens is 512 g/mol. The van der Waals surface area contributed by atoms with Crippen LogP contribution in [-0.2, 0) is 5.60 Å². The fourth-order valence-corrected chi connectivity index (χ4v) is 5.61. The molecule has 182 valence electrons. The van der Waals surface area contributed by atoms with Crippen LogP contribution in [0, 0.1) is 0 Å². The van der Waals surface area contributed by atoms with Crippen LogP contribution < -0.4 is 10.1 Å². The summed E-state index contributed by atoms with van der Waals surface area (Å²) >= 11 is 3.60. The van der Waals surface area contributed by atoms with E-state index in [0.29, 0.717) is 18.8 Å². The molecule has 2 atom stereocenters. The Hall–Kier alpha value is -3.25. The zero-order chi connectivity index (χ0) is 25.1. The maximum Gasteiger partial charge on any atom is 0.217 e. The van der Waals surface area contributed by atoms with Crippen LogP contribution in [0.1, 0.15) is 29.0 Å². The van der Waals surface area contributed by atoms with Gasteiger partial charge in [-0.3, -0.25) is 0 Å². The number of pyridine rings is 1. The minimum absolute atomic E-state index is 0.427. The van der Waals surface area contributed by atoms with E-state index < -0.39 is 11.5 Å². The van der Waals surface area contributed by atoms with Gasteiger partial charge in [-0.05, 0) is 66.2 Å². The highest BCUT2D eigenvalue weighted by molar-refractivity contribution is 9.10. The maximum absolute atomic E-state index is 12.9. The average molecular weight is 541 g/mol. The molecular formula is C31H29BrN2O2. The van der Waals surface area contributed by atoms with Crippen LogP contribution in [0.2, 0.25) is 0 Å². The summed E-state index contributed by atoms with van der Waals surface area (Å²) in [6.07, 6.45) is 0.497. The van der Waals surface area contributed by atoms with Gasteiger partial charge in [0.25, 0.3) is 0 Å². The van der Waals surface area contributed by atoms with Crippen molar-refractivity contribution in [2.45, 2.75) is 17.9 Å². The molecule has 5 heteroatoms. The monoisotopic (exact) mass is 540 g/mol. The fraction of sp³-hybridized carbons (Fsp3) is 0.194. The highest BCUT2D eigenvalue weighted by atomic mass is 79.9. The molecule has 1 heterocycles. The quantitative estimate of drug-likeness (QED) is 0.227. The van der Waals surface area contributed by atoms with Crippen LogP contribution in [0.4, 0.5) is 0 Å². The van der Waals surface area contributed by atoms with Gasteiger partial charge in [-0.15, -0.1) is 0 Å². The molecule has 2 N–H and O–H groups in total. The number of aliphatic hydroxyl groups is 1. The first kappa shape index (κ1) is 24.4. The predicted molar refractivity (Wildman–Crippen MR) is 151 cm³/mol. The molecule has 0 unspecified atom stereocenters. The number of hydrogen-bond donors (Lipinski definition) is 2. The minimum Gasteiger partial charge on any atom is -0.481 e. The molecule has 5 aromatic rings. The van der Waals surface area contributed by atoms with Gasteiger partial charge in [-0.1, -0.05) is 88.7 Å². The van der Waals surface area contributed by atoms with Crippen molar-refractivity contribution >= 4 is 37.6 Å². The molecule has 4 aromatic carbocycles. The number of aromatic nitrogens is 1. The zero-order valence-corrected chi connectivity index (χ0v) is 22.0. The molecule has 0 bridgehead atoms. The van der Waals surface area contributed by atoms with E-state index in [1.807, 2.05) is 61.6 Å². The summed E-state index contributed by atoms with van der Waals surface area (Å²) < 4.78 is 6.84. The number of benzene rings is 4. The Balaban J connectivity index is 1.84. The molecule has 0 saturated heterocycles. The summed E-state index contributed by atoms with van der Waals surface area (Å²) in [6, 6.07) is 32.7. The highest BCUT2D eigenvalue weighted by Crippen LogP contribution is 2.48. The molecule has 0 aliphatic rings. The molecule has 0 saturated carbocycles. The lowest BCUT2D eigenvalue weighted by molar-refractivity contribution is 0.0118. The molecule has 0 spiro atoms. The lowest BCUT2D eigenvalue weighted by atomic mass is 9.70. The topological polar surface area (TPSA) is 54.4 Å². The second-order valence-electron chi connectivity index (χ2n) is 9.07. The van der Waals surface area contributed by atoms with E-state index in [1.165, 1.54) is 0 Å². The molecule has 36 heavy (non-hydrogen) atoms. The SMILES string of the molecule is CNCC[C@](O)(c1cccc2ccccc12)[C@@H](c1ccccc1)c1cc2cc(Br)ccc2nc1OC. The van der Waals surface area contributed by atoms with E-state index in [4.69, 9.17) is 9.72 Å². The summed E-state index contributed by atoms with van der Waals surface area (Å²) in [5.74, 6) is 0.0884. The smallest absolute Gasteiger partial charge is 0.217 e. The summed E-state index contributed by atoms with van der Waals surface area (Å²) in [7, 11) is 3.56. The van der Waals surface area contributed by atoms with Crippen molar-refractivity contribution in [1.82, 2.24) is 10.3 Å². The first-order valence-electron chi connectivity index (χ1n) is 12.1. The largest absolute Gasteiger partial charge is 0.481 e. The second kappa shape index (κ2) is 10.4. The Kier molecular flexibility index (Phi) is 7.06. The first-order chi connectivity index (χ1) is 17.5. The van der Waals surface area contributed by atoms with Gasteiger partial charge in [-0.25, -0.2) is 4.98 Å². The molecule has 0 aliphatic carbocycles. The molecule has 0 radical (unpaired) electrons. The third-order valence-corrected chi connectivity index (χ3v) is 7.39. The lowest BCUT2D eigenvalue weighted by Crippen LogP contribution is -2.37. The molecule has 5 rings (SSSR count). The van der Waals surface area contributed by atoms with E-state index >= 15 is 0 Å². The van der Waals surface area contributed by atoms with Gasteiger partial charge in [0.05, 0.1) is 12.6 Å². The minimum atomic E-state index is -1.25. The number of fused-ring (bicyclic) bond motifs is 2. The maximum atomic E-state index is 12.9. The van der Waals surface area contributed by atoms with Gasteiger partial charge in [0.1, 0.15) is 5.60 Å². The van der Waals surface area contributed by atoms with Crippen molar-refractivity contribution in [3.05, 3.63) is 118 Å². The molecule has 0 amide bonds. The van der Waals surface area contributed by atoms with Crippen molar-refractivity contribution < 1.29 is 9.84 Å². The van der Waals surface area contributed by atoms with E-state index in [-0.39, 0.29) is 0 Å². The highest BCUT2D eigenvalue weighted by Gasteiger charge is 2.42. The van der Waals surface area contributed by atoms with Gasteiger partial charge >= 0.3 is 0 Å². The van der Waals surface area contributed by atoms with Crippen LogP contribution in [0.3, 0.4) is 0 Å². The Morgan fingerprint density at radius 1 is 0.917 bits per heavy atom. The van der Waals surface area contributed by atoms with Gasteiger partial charge in [0.2, 0.25) is 5.88 Å². The van der Waals surface area contributed by atoms with Crippen LogP contribution in [0.5, 0.6) is 5.88 Å². The number of methoxy groups -OCH3 is 1. The third kappa shape index (κ3) is 4.50. The Morgan fingerprint density at radius 3 is 2.44 bits per heavy atom. The number of halogens is 1. The first-order valence-corrected chi connectivity index (χ1v) is 12.9. The van der Waals surface area contributed by atoms with Crippen molar-refractivity contribution in [3.8, 4) is 5.88 Å². The van der Waals surface area contributed by atoms with Gasteiger partial charge in [0, 0.05) is 21.3 Å². The van der Waals surface area contributed by atoms with Crippen molar-refractivity contribution in [2.75, 3.05) is 20.7 Å². The second-order valence-corrected chi connectivity index (χ2v) is 9.99. The van der Waals surface area contributed by atoms with Crippen molar-refractivity contribution in [1.29, 1.82) is 0 Å². The van der Waals surface area contributed by atoms with Gasteiger partial charge in [0.15, 0.2) is 0 Å². The number of hydrogen-bond acceptors (Lipinski definition) is 4. The van der Waals surface area contributed by atoms with Crippen LogP contribution in [-0.4, -0.2) is 30.8 Å². The van der Waals surface area contributed by atoms with E-state index in [0.717, 1.165) is 42.8 Å². The Bertz CT molecular complexity index is 1500. The third-order valence-electron chi connectivity index (χ3n) is 6.90. The molecule has 0 aliphatic heterocycles. The zero-order valence-electron chi connectivity index (χ0n) is 20.4. The van der Waals surface area contributed by atoms with E-state index in [1.54, 1.807) is 7.11 Å². The number of ether oxygens (including phenoxy) is 1. The summed E-state index contributed by atoms with van der Waals surface area (Å²) in [4.78, 5) is 4.86. The van der Waals surface area contributed by atoms with Crippen molar-refractivity contribution in [2.24, 2.45) is 0 Å². The van der Waals surface area contributed by atoms with Gasteiger partial charge in [-0.2, -0.15) is 0 Å². The van der Waals surface area contributed by atoms with E-state index in [2.05, 4.69) is 63.7 Å². The molecule has 4 nitrogen and oxygen atoms in total. The summed E-state index contributed by atoms with van der Waals surface area (Å²) in [6.45, 7) is 0.637. The Morgan fingerprint density at radius 2 is 1.67 bits per heavy atom. The normalized spacial score (nSPS) is 14.0. The van der Waals surface area contributed by atoms with E-state index in [9.17, 15) is 5.11 Å². The number of nitrogens with one attached hydrogen (secondary N) is 1. The van der Waals surface area contributed by atoms with Gasteiger partial charge < -0.3 is 15.2 Å². The summed E-state index contributed by atoms with van der Waals surface area (Å²) in [5.41, 5.74) is 2.33. The number of rotatable bonds is 8. The van der Waals surface area contributed by atoms with Crippen molar-refractivity contribution in [3.63, 3.8) is 0 Å². The van der Waals surface area contributed by atoms with Crippen LogP contribution >= 0.6 is 15.9 Å². The Labute approximate surface area is 220 Å². The number of nitrogens with zero attached hydrogens (tertiary/aromatic N) is 1. The molecule has 0 fully saturated rings. The average Bonchev–Trinajstić information content (AvgIpc) is 2.92.